The van der Waals surface area contributed by atoms with E-state index in [9.17, 15) is 36.3 Å². The molecule has 2 heterocycles. The van der Waals surface area contributed by atoms with Gasteiger partial charge in [0.05, 0.1) is 11.1 Å². The summed E-state index contributed by atoms with van der Waals surface area (Å²) in [5, 5.41) is 10.4. The number of piperidine rings is 1. The van der Waals surface area contributed by atoms with Crippen LogP contribution in [0.5, 0.6) is 0 Å². The molecule has 2 aliphatic rings. The average molecular weight is 482 g/mol. The lowest BCUT2D eigenvalue weighted by atomic mass is 9.92. The number of nitrogens with zero attached hydrogens (tertiary/aromatic N) is 2. The van der Waals surface area contributed by atoms with Gasteiger partial charge in [-0.3, -0.25) is 14.5 Å². The van der Waals surface area contributed by atoms with Crippen LogP contribution in [-0.2, 0) is 14.4 Å². The zero-order valence-electron chi connectivity index (χ0n) is 16.9. The molecule has 1 unspecified atom stereocenters. The second-order valence-electron chi connectivity index (χ2n) is 7.51. The van der Waals surface area contributed by atoms with E-state index in [0.29, 0.717) is 24.0 Å². The van der Waals surface area contributed by atoms with Crippen molar-refractivity contribution in [1.82, 2.24) is 9.96 Å². The van der Waals surface area contributed by atoms with Crippen LogP contribution >= 0.6 is 0 Å². The van der Waals surface area contributed by atoms with Crippen molar-refractivity contribution in [2.24, 2.45) is 0 Å². The van der Waals surface area contributed by atoms with Crippen LogP contribution < -0.4 is 0 Å². The van der Waals surface area contributed by atoms with E-state index >= 15 is 0 Å². The number of hydrogen-bond donors (Lipinski definition) is 1. The highest BCUT2D eigenvalue weighted by atomic mass is 32.2. The number of likely N-dealkylation sites (tertiary alicyclic amines) is 1. The lowest BCUT2D eigenvalue weighted by molar-refractivity contribution is -0.0761. The predicted molar refractivity (Wildman–Crippen MR) is 109 cm³/mol. The molecule has 174 valence electrons. The molecule has 12 heteroatoms. The number of rotatable bonds is 3. The van der Waals surface area contributed by atoms with Gasteiger partial charge in [-0.05, 0) is 42.3 Å². The molecular formula is C21H17F3N2O6S. The summed E-state index contributed by atoms with van der Waals surface area (Å²) >= 11 is 0. The number of carbonyl (C=O) groups excluding carboxylic acids is 2. The highest BCUT2D eigenvalue weighted by Gasteiger charge is 2.51. The number of carbonyl (C=O) groups is 2. The van der Waals surface area contributed by atoms with Gasteiger partial charge < -0.3 is 5.11 Å². The Bertz CT molecular complexity index is 1280. The average Bonchev–Trinajstić information content (AvgIpc) is 2.78. The molecule has 2 amide bonds. The van der Waals surface area contributed by atoms with Gasteiger partial charge in [0, 0.05) is 24.0 Å². The Morgan fingerprint density at radius 2 is 1.64 bits per heavy atom. The van der Waals surface area contributed by atoms with Gasteiger partial charge >= 0.3 is 15.6 Å². The normalized spacial score (nSPS) is 18.2. The number of imide groups is 1. The van der Waals surface area contributed by atoms with Crippen molar-refractivity contribution in [3.8, 4) is 11.8 Å². The zero-order valence-corrected chi connectivity index (χ0v) is 17.7. The fourth-order valence-corrected chi connectivity index (χ4v) is 4.20. The molecule has 4 rings (SSSR count). The summed E-state index contributed by atoms with van der Waals surface area (Å²) < 4.78 is 64.7. The molecule has 2 aliphatic heterocycles. The molecule has 0 aromatic heterocycles. The van der Waals surface area contributed by atoms with Crippen LogP contribution in [-0.4, -0.2) is 60.1 Å². The summed E-state index contributed by atoms with van der Waals surface area (Å²) in [6.07, 6.45) is 1.98. The summed E-state index contributed by atoms with van der Waals surface area (Å²) in [6.45, 7) is 1.42. The maximum atomic E-state index is 12.7. The second-order valence-corrected chi connectivity index (χ2v) is 9.03. The van der Waals surface area contributed by atoms with Crippen molar-refractivity contribution in [1.29, 1.82) is 0 Å². The fraction of sp³-hybridized carbons (Fsp3) is 0.333. The van der Waals surface area contributed by atoms with Crippen molar-refractivity contribution >= 4 is 32.7 Å². The van der Waals surface area contributed by atoms with Crippen molar-refractivity contribution in [2.75, 3.05) is 13.1 Å². The van der Waals surface area contributed by atoms with Crippen LogP contribution in [0.2, 0.25) is 0 Å². The minimum absolute atomic E-state index is 0.107. The van der Waals surface area contributed by atoms with Crippen LogP contribution in [0, 0.1) is 11.8 Å². The molecule has 0 spiro atoms. The van der Waals surface area contributed by atoms with E-state index in [4.69, 9.17) is 0 Å². The summed E-state index contributed by atoms with van der Waals surface area (Å²) in [6, 6.07) is 6.83. The first kappa shape index (κ1) is 23.2. The Morgan fingerprint density at radius 1 is 1.00 bits per heavy atom. The molecule has 33 heavy (non-hydrogen) atoms. The number of hydroxylamine groups is 2. The molecule has 8 nitrogen and oxygen atoms in total. The minimum Gasteiger partial charge on any atom is -0.367 e. The Kier molecular flexibility index (Phi) is 5.92. The van der Waals surface area contributed by atoms with E-state index in [-0.39, 0.29) is 16.5 Å². The van der Waals surface area contributed by atoms with Gasteiger partial charge in [0.15, 0.2) is 6.23 Å². The van der Waals surface area contributed by atoms with E-state index < -0.39 is 38.7 Å². The number of halogens is 3. The van der Waals surface area contributed by atoms with Crippen LogP contribution in [0.4, 0.5) is 13.2 Å². The maximum Gasteiger partial charge on any atom is 0.525 e. The van der Waals surface area contributed by atoms with E-state index in [1.807, 2.05) is 4.90 Å². The van der Waals surface area contributed by atoms with Gasteiger partial charge in [-0.1, -0.05) is 24.5 Å². The summed E-state index contributed by atoms with van der Waals surface area (Å²) in [4.78, 5) is 27.2. The molecular weight excluding hydrogens is 465 g/mol. The number of amides is 2. The summed E-state index contributed by atoms with van der Waals surface area (Å²) in [5.41, 5.74) is -5.89. The Labute approximate surface area is 186 Å². The minimum atomic E-state index is -6.24. The summed E-state index contributed by atoms with van der Waals surface area (Å²) in [5.74, 6) is 2.86. The number of aliphatic hydroxyl groups is 1. The predicted octanol–water partition coefficient (Wildman–Crippen LogP) is 2.37. The van der Waals surface area contributed by atoms with Crippen molar-refractivity contribution in [3.05, 3.63) is 47.0 Å². The molecule has 2 aromatic rings. The number of alkyl halides is 3. The van der Waals surface area contributed by atoms with Crippen molar-refractivity contribution < 1.29 is 40.6 Å². The van der Waals surface area contributed by atoms with E-state index in [1.165, 1.54) is 24.3 Å². The molecule has 2 aromatic carbocycles. The molecule has 0 radical (unpaired) electrons. The van der Waals surface area contributed by atoms with Gasteiger partial charge in [0.1, 0.15) is 0 Å². The second kappa shape index (κ2) is 8.42. The third kappa shape index (κ3) is 4.20. The number of aliphatic hydroxyl groups excluding tert-OH is 1. The Morgan fingerprint density at radius 3 is 2.27 bits per heavy atom. The third-order valence-corrected chi connectivity index (χ3v) is 6.31. The van der Waals surface area contributed by atoms with Crippen LogP contribution in [0.15, 0.2) is 30.3 Å². The quantitative estimate of drug-likeness (QED) is 0.407. The Balaban J connectivity index is 1.72. The van der Waals surface area contributed by atoms with Crippen molar-refractivity contribution in [2.45, 2.75) is 31.0 Å². The van der Waals surface area contributed by atoms with Gasteiger partial charge in [0.2, 0.25) is 0 Å². The number of benzene rings is 2. The fourth-order valence-electron chi connectivity index (χ4n) is 3.79. The van der Waals surface area contributed by atoms with Gasteiger partial charge in [0.25, 0.3) is 11.8 Å². The molecule has 1 saturated heterocycles. The SMILES string of the molecule is O=C1c2cccc3c(C#CC(O)N4CCCCC4)ccc(c23)C(=O)N1OS(=O)(=O)C(F)(F)F. The first-order valence-corrected chi connectivity index (χ1v) is 11.3. The lowest BCUT2D eigenvalue weighted by Crippen LogP contribution is -2.44. The van der Waals surface area contributed by atoms with Gasteiger partial charge in [-0.25, -0.2) is 0 Å². The number of hydrogen-bond acceptors (Lipinski definition) is 7. The van der Waals surface area contributed by atoms with E-state index in [1.54, 1.807) is 6.07 Å². The first-order valence-electron chi connectivity index (χ1n) is 9.90. The standard InChI is InChI=1S/C21H17F3N2O6S/c22-21(23,24)33(30,31)32-26-19(28)15-6-4-5-14-13(7-9-16(18(14)15)20(26)29)8-10-17(27)25-11-2-1-3-12-25/h4-7,9,17,27H,1-3,11-12H2. The molecule has 0 aliphatic carbocycles. The van der Waals surface area contributed by atoms with Crippen LogP contribution in [0.1, 0.15) is 45.5 Å². The third-order valence-electron chi connectivity index (χ3n) is 5.40. The smallest absolute Gasteiger partial charge is 0.367 e. The first-order chi connectivity index (χ1) is 15.5. The van der Waals surface area contributed by atoms with Crippen LogP contribution in [0.25, 0.3) is 10.8 Å². The van der Waals surface area contributed by atoms with Gasteiger partial charge in [-0.15, -0.1) is 9.35 Å². The zero-order chi connectivity index (χ0) is 24.0. The van der Waals surface area contributed by atoms with E-state index in [0.717, 1.165) is 19.3 Å². The van der Waals surface area contributed by atoms with Gasteiger partial charge in [-0.2, -0.15) is 21.6 Å². The highest BCUT2D eigenvalue weighted by Crippen LogP contribution is 2.34. The molecule has 0 saturated carbocycles. The highest BCUT2D eigenvalue weighted by molar-refractivity contribution is 7.87. The monoisotopic (exact) mass is 482 g/mol. The molecule has 1 fully saturated rings. The van der Waals surface area contributed by atoms with E-state index in [2.05, 4.69) is 16.1 Å². The Hall–Kier alpha value is -2.98. The maximum absolute atomic E-state index is 12.7. The summed E-state index contributed by atoms with van der Waals surface area (Å²) in [7, 11) is -6.24. The topological polar surface area (TPSA) is 104 Å². The largest absolute Gasteiger partial charge is 0.525 e. The van der Waals surface area contributed by atoms with Crippen molar-refractivity contribution in [3.63, 3.8) is 0 Å². The molecule has 1 atom stereocenters. The van der Waals surface area contributed by atoms with Crippen LogP contribution in [0.3, 0.4) is 0 Å². The molecule has 0 bridgehead atoms. The lowest BCUT2D eigenvalue weighted by Gasteiger charge is -2.28. The molecule has 1 N–H and O–H groups in total.